The van der Waals surface area contributed by atoms with E-state index in [1.807, 2.05) is 34.6 Å². The van der Waals surface area contributed by atoms with Crippen molar-refractivity contribution < 1.29 is 13.2 Å². The summed E-state index contributed by atoms with van der Waals surface area (Å²) in [5.74, 6) is 0.805. The molecule has 1 aromatic heterocycles. The van der Waals surface area contributed by atoms with E-state index >= 15 is 0 Å². The third kappa shape index (κ3) is 3.56. The monoisotopic (exact) mass is 455 g/mol. The molecule has 0 spiro atoms. The van der Waals surface area contributed by atoms with E-state index in [0.717, 1.165) is 16.9 Å². The molecule has 4 rings (SSSR count). The van der Waals surface area contributed by atoms with E-state index in [2.05, 4.69) is 9.71 Å². The van der Waals surface area contributed by atoms with Crippen LogP contribution in [0, 0.1) is 20.8 Å². The molecular weight excluding hydrogens is 426 g/mol. The molecule has 0 fully saturated rings. The van der Waals surface area contributed by atoms with Crippen LogP contribution in [0.15, 0.2) is 34.0 Å². The lowest BCUT2D eigenvalue weighted by Gasteiger charge is -2.20. The lowest BCUT2D eigenvalue weighted by molar-refractivity contribution is 0.137. The van der Waals surface area contributed by atoms with Crippen LogP contribution in [0.5, 0.6) is 5.75 Å². The van der Waals surface area contributed by atoms with Gasteiger partial charge in [-0.05, 0) is 69.9 Å². The molecule has 7 nitrogen and oxygen atoms in total. The molecule has 1 aliphatic rings. The molecule has 2 heterocycles. The van der Waals surface area contributed by atoms with E-state index < -0.39 is 10.0 Å². The number of sulfonamides is 1. The summed E-state index contributed by atoms with van der Waals surface area (Å²) in [5, 5.41) is 0.462. The molecular formula is C24H29N3O4S. The van der Waals surface area contributed by atoms with Crippen LogP contribution in [-0.2, 0) is 23.0 Å². The Balaban J connectivity index is 1.89. The van der Waals surface area contributed by atoms with Gasteiger partial charge in [0.15, 0.2) is 0 Å². The van der Waals surface area contributed by atoms with Gasteiger partial charge in [0.25, 0.3) is 15.6 Å². The zero-order chi connectivity index (χ0) is 23.4. The zero-order valence-electron chi connectivity index (χ0n) is 19.4. The second-order valence-electron chi connectivity index (χ2n) is 9.07. The number of fused-ring (bicyclic) bond motifs is 2. The Hall–Kier alpha value is -2.87. The van der Waals surface area contributed by atoms with Gasteiger partial charge in [-0.15, -0.1) is 0 Å². The molecule has 8 heteroatoms. The van der Waals surface area contributed by atoms with Gasteiger partial charge in [0.1, 0.15) is 11.4 Å². The summed E-state index contributed by atoms with van der Waals surface area (Å²) in [6.07, 6.45) is 1.30. The van der Waals surface area contributed by atoms with Crippen LogP contribution in [0.3, 0.4) is 0 Å². The number of benzene rings is 2. The van der Waals surface area contributed by atoms with E-state index in [4.69, 9.17) is 4.74 Å². The number of nitrogens with one attached hydrogen (secondary N) is 1. The summed E-state index contributed by atoms with van der Waals surface area (Å²) in [5.41, 5.74) is 2.84. The lowest BCUT2D eigenvalue weighted by atomic mass is 9.94. The van der Waals surface area contributed by atoms with E-state index in [9.17, 15) is 13.2 Å². The van der Waals surface area contributed by atoms with E-state index in [-0.39, 0.29) is 22.0 Å². The molecule has 0 unspecified atom stereocenters. The normalized spacial score (nSPS) is 14.9. The van der Waals surface area contributed by atoms with Gasteiger partial charge in [-0.2, -0.15) is 0 Å². The predicted molar refractivity (Wildman–Crippen MR) is 126 cm³/mol. The van der Waals surface area contributed by atoms with Gasteiger partial charge >= 0.3 is 0 Å². The molecule has 1 aliphatic heterocycles. The first-order valence-electron chi connectivity index (χ1n) is 10.8. The molecule has 170 valence electrons. The number of para-hydroxylation sites is 1. The van der Waals surface area contributed by atoms with Gasteiger partial charge < -0.3 is 4.74 Å². The van der Waals surface area contributed by atoms with Crippen LogP contribution in [0.2, 0.25) is 0 Å². The Labute approximate surface area is 188 Å². The van der Waals surface area contributed by atoms with Crippen molar-refractivity contribution in [1.29, 1.82) is 0 Å². The van der Waals surface area contributed by atoms with Crippen molar-refractivity contribution in [2.45, 2.75) is 71.4 Å². The second kappa shape index (κ2) is 7.62. The molecule has 0 atom stereocenters. The number of rotatable bonds is 5. The molecule has 2 aromatic carbocycles. The number of ether oxygens (including phenoxy) is 1. The highest BCUT2D eigenvalue weighted by Gasteiger charge is 2.36. The van der Waals surface area contributed by atoms with Gasteiger partial charge in [-0.25, -0.2) is 18.1 Å². The van der Waals surface area contributed by atoms with Gasteiger partial charge in [0.05, 0.1) is 15.8 Å². The summed E-state index contributed by atoms with van der Waals surface area (Å²) >= 11 is 0. The minimum atomic E-state index is -4.01. The van der Waals surface area contributed by atoms with Crippen molar-refractivity contribution in [1.82, 2.24) is 9.55 Å². The maximum Gasteiger partial charge on any atom is 0.264 e. The van der Waals surface area contributed by atoms with Crippen LogP contribution < -0.4 is 15.0 Å². The molecule has 0 saturated carbocycles. The summed E-state index contributed by atoms with van der Waals surface area (Å²) in [7, 11) is -4.01. The minimum Gasteiger partial charge on any atom is -0.487 e. The summed E-state index contributed by atoms with van der Waals surface area (Å²) in [6.45, 7) is 11.8. The van der Waals surface area contributed by atoms with Crippen molar-refractivity contribution >= 4 is 26.9 Å². The van der Waals surface area contributed by atoms with Crippen molar-refractivity contribution in [3.8, 4) is 5.75 Å². The quantitative estimate of drug-likeness (QED) is 0.621. The fourth-order valence-electron chi connectivity index (χ4n) is 4.50. The highest BCUT2D eigenvalue weighted by atomic mass is 32.2. The highest BCUT2D eigenvalue weighted by molar-refractivity contribution is 7.92. The average molecular weight is 456 g/mol. The third-order valence-corrected chi connectivity index (χ3v) is 7.70. The van der Waals surface area contributed by atoms with Crippen LogP contribution in [0.4, 0.5) is 5.95 Å². The SMILES string of the molecule is CCCn1c(NS(=O)(=O)c2c(C)c(C)c3c(c2C)CC(C)(C)O3)nc2ccccc2c1=O. The Bertz CT molecular complexity index is 1410. The van der Waals surface area contributed by atoms with Crippen molar-refractivity contribution in [2.24, 2.45) is 0 Å². The minimum absolute atomic E-state index is 0.0316. The van der Waals surface area contributed by atoms with Crippen LogP contribution in [0.25, 0.3) is 10.9 Å². The van der Waals surface area contributed by atoms with Crippen LogP contribution in [-0.4, -0.2) is 23.6 Å². The topological polar surface area (TPSA) is 90.3 Å². The number of hydrogen-bond donors (Lipinski definition) is 1. The summed E-state index contributed by atoms with van der Waals surface area (Å²) in [4.78, 5) is 17.8. The Kier molecular flexibility index (Phi) is 5.32. The molecule has 3 aromatic rings. The summed E-state index contributed by atoms with van der Waals surface area (Å²) < 4.78 is 37.4. The van der Waals surface area contributed by atoms with Gasteiger partial charge in [-0.3, -0.25) is 9.36 Å². The van der Waals surface area contributed by atoms with Gasteiger partial charge in [0, 0.05) is 18.5 Å². The molecule has 0 amide bonds. The highest BCUT2D eigenvalue weighted by Crippen LogP contribution is 2.44. The number of anilines is 1. The van der Waals surface area contributed by atoms with Crippen molar-refractivity contribution in [3.05, 3.63) is 56.9 Å². The van der Waals surface area contributed by atoms with E-state index in [1.165, 1.54) is 4.57 Å². The Morgan fingerprint density at radius 1 is 1.12 bits per heavy atom. The lowest BCUT2D eigenvalue weighted by Crippen LogP contribution is -2.28. The first-order chi connectivity index (χ1) is 15.0. The Morgan fingerprint density at radius 3 is 2.50 bits per heavy atom. The van der Waals surface area contributed by atoms with Crippen LogP contribution in [0.1, 0.15) is 49.4 Å². The predicted octanol–water partition coefficient (Wildman–Crippen LogP) is 4.25. The van der Waals surface area contributed by atoms with E-state index in [1.54, 1.807) is 31.2 Å². The number of nitrogens with zero attached hydrogens (tertiary/aromatic N) is 2. The Morgan fingerprint density at radius 2 is 1.81 bits per heavy atom. The molecule has 0 bridgehead atoms. The van der Waals surface area contributed by atoms with Crippen LogP contribution >= 0.6 is 0 Å². The number of aromatic nitrogens is 2. The first-order valence-corrected chi connectivity index (χ1v) is 12.3. The average Bonchev–Trinajstić information content (AvgIpc) is 3.05. The van der Waals surface area contributed by atoms with E-state index in [0.29, 0.717) is 41.4 Å². The second-order valence-corrected chi connectivity index (χ2v) is 10.7. The van der Waals surface area contributed by atoms with Crippen molar-refractivity contribution in [2.75, 3.05) is 4.72 Å². The molecule has 1 N–H and O–H groups in total. The smallest absolute Gasteiger partial charge is 0.264 e. The standard InChI is InChI=1S/C24H29N3O4S/c1-7-12-27-22(28)17-10-8-9-11-19(17)25-23(27)26-32(29,30)21-15(3)14(2)20-18(16(21)4)13-24(5,6)31-20/h8-11H,7,12-13H2,1-6H3,(H,25,26). The summed E-state index contributed by atoms with van der Waals surface area (Å²) in [6, 6.07) is 6.96. The van der Waals surface area contributed by atoms with Gasteiger partial charge in [0.2, 0.25) is 5.95 Å². The molecule has 0 radical (unpaired) electrons. The number of hydrogen-bond acceptors (Lipinski definition) is 5. The molecule has 0 saturated heterocycles. The molecule has 32 heavy (non-hydrogen) atoms. The maximum absolute atomic E-state index is 13.7. The largest absolute Gasteiger partial charge is 0.487 e. The fraction of sp³-hybridized carbons (Fsp3) is 0.417. The molecule has 0 aliphatic carbocycles. The maximum atomic E-state index is 13.7. The first kappa shape index (κ1) is 22.3. The van der Waals surface area contributed by atoms with Gasteiger partial charge in [-0.1, -0.05) is 19.1 Å². The van der Waals surface area contributed by atoms with Crippen molar-refractivity contribution in [3.63, 3.8) is 0 Å². The fourth-order valence-corrected chi connectivity index (χ4v) is 6.08. The zero-order valence-corrected chi connectivity index (χ0v) is 20.2. The third-order valence-electron chi connectivity index (χ3n) is 6.10.